The number of fused-ring (bicyclic) bond motifs is 1. The van der Waals surface area contributed by atoms with E-state index in [2.05, 4.69) is 10.3 Å². The average molecular weight is 408 g/mol. The molecule has 0 saturated carbocycles. The summed E-state index contributed by atoms with van der Waals surface area (Å²) in [6, 6.07) is 15.8. The molecule has 0 unspecified atom stereocenters. The fraction of sp³-hybridized carbons (Fsp3) is 0.333. The number of carbonyl (C=O) groups is 2. The van der Waals surface area contributed by atoms with Gasteiger partial charge in [-0.15, -0.1) is 0 Å². The summed E-state index contributed by atoms with van der Waals surface area (Å²) in [7, 11) is 0. The second-order valence-corrected chi connectivity index (χ2v) is 7.63. The van der Waals surface area contributed by atoms with Crippen molar-refractivity contribution in [2.24, 2.45) is 11.7 Å². The van der Waals surface area contributed by atoms with Crippen LogP contribution in [0.5, 0.6) is 0 Å². The fourth-order valence-corrected chi connectivity index (χ4v) is 3.32. The highest BCUT2D eigenvalue weighted by atomic mass is 16.5. The summed E-state index contributed by atoms with van der Waals surface area (Å²) >= 11 is 0. The smallest absolute Gasteiger partial charge is 0.329 e. The standard InChI is InChI=1S/C24H29N3O3/c1-3-16(2)22(25)23(28)27-21(24(29)30-15-17-9-5-4-6-10-17)13-18-14-26-20-12-8-7-11-19(18)20/h4-12,14,16,21-22,26H,3,13,15,25H2,1-2H3,(H,27,28)/t16-,21-,22-/m0/s1. The van der Waals surface area contributed by atoms with Crippen LogP contribution in [0.2, 0.25) is 0 Å². The van der Waals surface area contributed by atoms with Gasteiger partial charge in [0.2, 0.25) is 5.91 Å². The van der Waals surface area contributed by atoms with Gasteiger partial charge in [0.15, 0.2) is 0 Å². The Kier molecular flexibility index (Phi) is 7.25. The summed E-state index contributed by atoms with van der Waals surface area (Å²) in [5, 5.41) is 3.83. The van der Waals surface area contributed by atoms with Crippen LogP contribution in [0.25, 0.3) is 10.9 Å². The predicted molar refractivity (Wildman–Crippen MR) is 118 cm³/mol. The van der Waals surface area contributed by atoms with Gasteiger partial charge in [-0.05, 0) is 23.1 Å². The zero-order chi connectivity index (χ0) is 21.5. The third-order valence-electron chi connectivity index (χ3n) is 5.48. The Morgan fingerprint density at radius 1 is 1.10 bits per heavy atom. The van der Waals surface area contributed by atoms with Crippen LogP contribution in [-0.4, -0.2) is 28.9 Å². The molecule has 0 aliphatic carbocycles. The van der Waals surface area contributed by atoms with Gasteiger partial charge in [0, 0.05) is 23.5 Å². The summed E-state index contributed by atoms with van der Waals surface area (Å²) < 4.78 is 5.51. The summed E-state index contributed by atoms with van der Waals surface area (Å²) in [5.74, 6) is -0.807. The number of para-hydroxylation sites is 1. The number of amides is 1. The van der Waals surface area contributed by atoms with E-state index in [0.717, 1.165) is 28.5 Å². The summed E-state index contributed by atoms with van der Waals surface area (Å²) in [5.41, 5.74) is 8.88. The van der Waals surface area contributed by atoms with Crippen LogP contribution in [0.15, 0.2) is 60.8 Å². The molecule has 30 heavy (non-hydrogen) atoms. The number of rotatable bonds is 9. The first-order valence-corrected chi connectivity index (χ1v) is 10.3. The zero-order valence-corrected chi connectivity index (χ0v) is 17.4. The Bertz CT molecular complexity index is 984. The highest BCUT2D eigenvalue weighted by Crippen LogP contribution is 2.20. The lowest BCUT2D eigenvalue weighted by Crippen LogP contribution is -2.51. The minimum atomic E-state index is -0.824. The van der Waals surface area contributed by atoms with Gasteiger partial charge in [0.05, 0.1) is 6.04 Å². The number of hydrogen-bond acceptors (Lipinski definition) is 4. The lowest BCUT2D eigenvalue weighted by Gasteiger charge is -2.22. The van der Waals surface area contributed by atoms with Gasteiger partial charge in [0.1, 0.15) is 12.6 Å². The van der Waals surface area contributed by atoms with E-state index in [-0.39, 0.29) is 18.4 Å². The lowest BCUT2D eigenvalue weighted by molar-refractivity contribution is -0.149. The first-order chi connectivity index (χ1) is 14.5. The molecule has 4 N–H and O–H groups in total. The Hall–Kier alpha value is -3.12. The van der Waals surface area contributed by atoms with Crippen molar-refractivity contribution in [1.29, 1.82) is 0 Å². The van der Waals surface area contributed by atoms with E-state index in [1.54, 1.807) is 0 Å². The molecule has 1 amide bonds. The van der Waals surface area contributed by atoms with Crippen LogP contribution in [-0.2, 0) is 27.4 Å². The third-order valence-corrected chi connectivity index (χ3v) is 5.48. The van der Waals surface area contributed by atoms with E-state index in [0.29, 0.717) is 6.42 Å². The predicted octanol–water partition coefficient (Wildman–Crippen LogP) is 3.31. The van der Waals surface area contributed by atoms with Gasteiger partial charge in [-0.1, -0.05) is 68.8 Å². The quantitative estimate of drug-likeness (QED) is 0.474. The van der Waals surface area contributed by atoms with Crippen molar-refractivity contribution in [2.75, 3.05) is 0 Å². The number of ether oxygens (including phenoxy) is 1. The van der Waals surface area contributed by atoms with Crippen LogP contribution in [0.1, 0.15) is 31.4 Å². The van der Waals surface area contributed by atoms with Crippen molar-refractivity contribution in [3.63, 3.8) is 0 Å². The van der Waals surface area contributed by atoms with E-state index in [9.17, 15) is 9.59 Å². The highest BCUT2D eigenvalue weighted by Gasteiger charge is 2.28. The van der Waals surface area contributed by atoms with E-state index in [1.165, 1.54) is 0 Å². The molecule has 3 rings (SSSR count). The van der Waals surface area contributed by atoms with Gasteiger partial charge in [-0.3, -0.25) is 4.79 Å². The van der Waals surface area contributed by atoms with Crippen molar-refractivity contribution in [3.8, 4) is 0 Å². The van der Waals surface area contributed by atoms with E-state index in [1.807, 2.05) is 74.6 Å². The van der Waals surface area contributed by atoms with Crippen LogP contribution in [0.4, 0.5) is 0 Å². The molecular weight excluding hydrogens is 378 g/mol. The van der Waals surface area contributed by atoms with Crippen molar-refractivity contribution in [3.05, 3.63) is 71.9 Å². The molecule has 0 saturated heterocycles. The Balaban J connectivity index is 1.76. The SMILES string of the molecule is CC[C@H](C)[C@H](N)C(=O)N[C@@H](Cc1c[nH]c2ccccc12)C(=O)OCc1ccccc1. The molecule has 6 heteroatoms. The van der Waals surface area contributed by atoms with E-state index in [4.69, 9.17) is 10.5 Å². The second kappa shape index (κ2) is 10.1. The van der Waals surface area contributed by atoms with Crippen molar-refractivity contribution in [2.45, 2.75) is 45.4 Å². The maximum Gasteiger partial charge on any atom is 0.329 e. The van der Waals surface area contributed by atoms with Gasteiger partial charge >= 0.3 is 5.97 Å². The molecule has 158 valence electrons. The van der Waals surface area contributed by atoms with Crippen LogP contribution in [0, 0.1) is 5.92 Å². The second-order valence-electron chi connectivity index (χ2n) is 7.63. The molecule has 0 radical (unpaired) electrons. The summed E-state index contributed by atoms with van der Waals surface area (Å²) in [6.07, 6.45) is 2.96. The fourth-order valence-electron chi connectivity index (χ4n) is 3.32. The molecule has 2 aromatic carbocycles. The number of aromatic amines is 1. The van der Waals surface area contributed by atoms with Crippen molar-refractivity contribution >= 4 is 22.8 Å². The number of esters is 1. The normalized spacial score (nSPS) is 14.1. The Labute approximate surface area is 176 Å². The molecule has 1 aromatic heterocycles. The number of nitrogens with two attached hydrogens (primary N) is 1. The van der Waals surface area contributed by atoms with Gasteiger partial charge in [0.25, 0.3) is 0 Å². The van der Waals surface area contributed by atoms with Gasteiger partial charge in [-0.2, -0.15) is 0 Å². The maximum atomic E-state index is 12.9. The monoisotopic (exact) mass is 407 g/mol. The van der Waals surface area contributed by atoms with Gasteiger partial charge < -0.3 is 20.8 Å². The first-order valence-electron chi connectivity index (χ1n) is 10.3. The summed E-state index contributed by atoms with van der Waals surface area (Å²) in [6.45, 7) is 4.05. The molecule has 3 atom stereocenters. The topological polar surface area (TPSA) is 97.2 Å². The molecule has 0 aliphatic rings. The van der Waals surface area contributed by atoms with Gasteiger partial charge in [-0.25, -0.2) is 4.79 Å². The number of hydrogen-bond donors (Lipinski definition) is 3. The zero-order valence-electron chi connectivity index (χ0n) is 17.4. The number of carbonyl (C=O) groups excluding carboxylic acids is 2. The number of nitrogens with one attached hydrogen (secondary N) is 2. The lowest BCUT2D eigenvalue weighted by atomic mass is 9.98. The molecule has 0 fully saturated rings. The molecular formula is C24H29N3O3. The van der Waals surface area contributed by atoms with Crippen molar-refractivity contribution in [1.82, 2.24) is 10.3 Å². The molecule has 3 aromatic rings. The molecule has 0 aliphatic heterocycles. The molecule has 0 spiro atoms. The first kappa shape index (κ1) is 21.6. The molecule has 6 nitrogen and oxygen atoms in total. The molecule has 0 bridgehead atoms. The number of benzene rings is 2. The number of aromatic nitrogens is 1. The Morgan fingerprint density at radius 2 is 1.80 bits per heavy atom. The maximum absolute atomic E-state index is 12.9. The van der Waals surface area contributed by atoms with Crippen LogP contribution < -0.4 is 11.1 Å². The largest absolute Gasteiger partial charge is 0.459 e. The Morgan fingerprint density at radius 3 is 2.53 bits per heavy atom. The van der Waals surface area contributed by atoms with Crippen LogP contribution in [0.3, 0.4) is 0 Å². The highest BCUT2D eigenvalue weighted by molar-refractivity contribution is 5.89. The number of H-pyrrole nitrogens is 1. The molecule has 1 heterocycles. The average Bonchev–Trinajstić information content (AvgIpc) is 3.19. The summed E-state index contributed by atoms with van der Waals surface area (Å²) in [4.78, 5) is 28.8. The van der Waals surface area contributed by atoms with E-state index < -0.39 is 18.1 Å². The third kappa shape index (κ3) is 5.27. The minimum Gasteiger partial charge on any atom is -0.459 e. The van der Waals surface area contributed by atoms with Crippen molar-refractivity contribution < 1.29 is 14.3 Å². The minimum absolute atomic E-state index is 0.0130. The van der Waals surface area contributed by atoms with E-state index >= 15 is 0 Å². The van der Waals surface area contributed by atoms with Crippen LogP contribution >= 0.6 is 0 Å².